The van der Waals surface area contributed by atoms with Gasteiger partial charge in [0.1, 0.15) is 5.75 Å². The molecule has 27 heavy (non-hydrogen) atoms. The molecule has 3 rings (SSSR count). The van der Waals surface area contributed by atoms with E-state index >= 15 is 0 Å². The molecule has 0 aliphatic heterocycles. The number of carbonyl (C=O) groups is 1. The van der Waals surface area contributed by atoms with Gasteiger partial charge in [-0.1, -0.05) is 12.1 Å². The molecule has 1 atom stereocenters. The molecular weight excluding hydrogens is 364 g/mol. The summed E-state index contributed by atoms with van der Waals surface area (Å²) in [7, 11) is -2.30. The Kier molecular flexibility index (Phi) is 5.82. The Labute approximate surface area is 160 Å². The highest BCUT2D eigenvalue weighted by atomic mass is 32.2. The van der Waals surface area contributed by atoms with Crippen molar-refractivity contribution in [3.8, 4) is 5.75 Å². The average Bonchev–Trinajstić information content (AvgIpc) is 2.68. The van der Waals surface area contributed by atoms with Crippen molar-refractivity contribution in [1.82, 2.24) is 4.72 Å². The second-order valence-electron chi connectivity index (χ2n) is 6.66. The third kappa shape index (κ3) is 4.48. The van der Waals surface area contributed by atoms with E-state index < -0.39 is 16.1 Å². The number of sulfonamides is 1. The van der Waals surface area contributed by atoms with Crippen LogP contribution < -0.4 is 14.8 Å². The molecule has 1 unspecified atom stereocenters. The van der Waals surface area contributed by atoms with Crippen LogP contribution >= 0.6 is 0 Å². The maximum absolute atomic E-state index is 12.5. The van der Waals surface area contributed by atoms with Crippen molar-refractivity contribution in [1.29, 1.82) is 0 Å². The maximum atomic E-state index is 12.5. The van der Waals surface area contributed by atoms with Crippen LogP contribution in [0.4, 0.5) is 5.69 Å². The first-order valence-electron chi connectivity index (χ1n) is 8.99. The summed E-state index contributed by atoms with van der Waals surface area (Å²) in [4.78, 5) is 12.6. The molecule has 2 aromatic rings. The monoisotopic (exact) mass is 388 g/mol. The maximum Gasteiger partial charge on any atom is 0.242 e. The first-order chi connectivity index (χ1) is 12.9. The van der Waals surface area contributed by atoms with E-state index in [0.717, 1.165) is 36.9 Å². The standard InChI is InChI=1S/C20H24N2O4S/c1-14(22-27(24,25)17-12-10-16(26-2)11-13-17)20(23)21-19-9-5-7-15-6-3-4-8-18(15)19/h5,7,9-14,22H,3-4,6,8H2,1-2H3,(H,21,23). The quantitative estimate of drug-likeness (QED) is 0.797. The van der Waals surface area contributed by atoms with Crippen molar-refractivity contribution in [2.24, 2.45) is 0 Å². The molecule has 1 aliphatic rings. The first-order valence-corrected chi connectivity index (χ1v) is 10.5. The lowest BCUT2D eigenvalue weighted by Crippen LogP contribution is -2.41. The highest BCUT2D eigenvalue weighted by Gasteiger charge is 2.23. The van der Waals surface area contributed by atoms with E-state index in [4.69, 9.17) is 4.74 Å². The van der Waals surface area contributed by atoms with Gasteiger partial charge in [-0.25, -0.2) is 8.42 Å². The number of anilines is 1. The molecule has 0 spiro atoms. The minimum Gasteiger partial charge on any atom is -0.497 e. The Morgan fingerprint density at radius 3 is 2.48 bits per heavy atom. The van der Waals surface area contributed by atoms with E-state index in [2.05, 4.69) is 16.1 Å². The molecule has 0 aromatic heterocycles. The molecule has 1 amide bonds. The van der Waals surface area contributed by atoms with E-state index in [-0.39, 0.29) is 10.8 Å². The fraction of sp³-hybridized carbons (Fsp3) is 0.350. The van der Waals surface area contributed by atoms with Gasteiger partial charge in [-0.3, -0.25) is 4.79 Å². The number of aryl methyl sites for hydroxylation is 1. The molecule has 7 heteroatoms. The predicted octanol–water partition coefficient (Wildman–Crippen LogP) is 2.88. The fourth-order valence-corrected chi connectivity index (χ4v) is 4.45. The van der Waals surface area contributed by atoms with E-state index in [9.17, 15) is 13.2 Å². The van der Waals surface area contributed by atoms with Gasteiger partial charge in [-0.05, 0) is 74.1 Å². The van der Waals surface area contributed by atoms with Crippen LogP contribution in [0.1, 0.15) is 30.9 Å². The van der Waals surface area contributed by atoms with Gasteiger partial charge < -0.3 is 10.1 Å². The molecule has 0 heterocycles. The SMILES string of the molecule is COc1ccc(S(=O)(=O)NC(C)C(=O)Nc2cccc3c2CCCC3)cc1. The van der Waals surface area contributed by atoms with Gasteiger partial charge in [-0.15, -0.1) is 0 Å². The van der Waals surface area contributed by atoms with E-state index in [1.54, 1.807) is 12.1 Å². The Morgan fingerprint density at radius 2 is 1.78 bits per heavy atom. The number of fused-ring (bicyclic) bond motifs is 1. The Bertz CT molecular complexity index is 923. The van der Waals surface area contributed by atoms with Gasteiger partial charge in [0.25, 0.3) is 0 Å². The Balaban J connectivity index is 1.70. The predicted molar refractivity (Wildman–Crippen MR) is 104 cm³/mol. The number of hydrogen-bond donors (Lipinski definition) is 2. The van der Waals surface area contributed by atoms with Crippen molar-refractivity contribution < 1.29 is 17.9 Å². The summed E-state index contributed by atoms with van der Waals surface area (Å²) in [6.07, 6.45) is 4.19. The van der Waals surface area contributed by atoms with Crippen LogP contribution in [-0.4, -0.2) is 27.5 Å². The zero-order valence-electron chi connectivity index (χ0n) is 15.5. The largest absolute Gasteiger partial charge is 0.497 e. The van der Waals surface area contributed by atoms with Crippen molar-refractivity contribution in [2.45, 2.75) is 43.5 Å². The second-order valence-corrected chi connectivity index (χ2v) is 8.37. The summed E-state index contributed by atoms with van der Waals surface area (Å²) in [6.45, 7) is 1.53. The highest BCUT2D eigenvalue weighted by molar-refractivity contribution is 7.89. The highest BCUT2D eigenvalue weighted by Crippen LogP contribution is 2.28. The van der Waals surface area contributed by atoms with E-state index in [1.807, 2.05) is 12.1 Å². The minimum atomic E-state index is -3.81. The molecule has 1 aliphatic carbocycles. The molecule has 0 fully saturated rings. The number of nitrogens with one attached hydrogen (secondary N) is 2. The number of ether oxygens (including phenoxy) is 1. The van der Waals surface area contributed by atoms with Gasteiger partial charge in [0, 0.05) is 5.69 Å². The molecule has 0 saturated carbocycles. The van der Waals surface area contributed by atoms with Crippen molar-refractivity contribution in [3.63, 3.8) is 0 Å². The third-order valence-electron chi connectivity index (χ3n) is 4.75. The number of benzene rings is 2. The molecular formula is C20H24N2O4S. The fourth-order valence-electron chi connectivity index (χ4n) is 3.25. The summed E-state index contributed by atoms with van der Waals surface area (Å²) in [5.41, 5.74) is 3.18. The third-order valence-corrected chi connectivity index (χ3v) is 6.31. The van der Waals surface area contributed by atoms with Crippen LogP contribution in [0.5, 0.6) is 5.75 Å². The molecule has 2 aromatic carbocycles. The number of methoxy groups -OCH3 is 1. The number of carbonyl (C=O) groups excluding carboxylic acids is 1. The van der Waals surface area contributed by atoms with Crippen LogP contribution in [0.25, 0.3) is 0 Å². The molecule has 144 valence electrons. The van der Waals surface area contributed by atoms with Gasteiger partial charge in [0.15, 0.2) is 0 Å². The van der Waals surface area contributed by atoms with E-state index in [0.29, 0.717) is 5.75 Å². The Morgan fingerprint density at radius 1 is 1.07 bits per heavy atom. The molecule has 0 bridgehead atoms. The van der Waals surface area contributed by atoms with Crippen LogP contribution in [0.3, 0.4) is 0 Å². The summed E-state index contributed by atoms with van der Waals surface area (Å²) in [6, 6.07) is 11.0. The molecule has 2 N–H and O–H groups in total. The van der Waals surface area contributed by atoms with Crippen molar-refractivity contribution in [2.75, 3.05) is 12.4 Å². The normalized spacial score (nSPS) is 14.9. The first kappa shape index (κ1) is 19.4. The number of amides is 1. The molecule has 0 saturated heterocycles. The number of hydrogen-bond acceptors (Lipinski definition) is 4. The minimum absolute atomic E-state index is 0.0834. The van der Waals surface area contributed by atoms with E-state index in [1.165, 1.54) is 31.7 Å². The van der Waals surface area contributed by atoms with Crippen LogP contribution in [-0.2, 0) is 27.7 Å². The topological polar surface area (TPSA) is 84.5 Å². The van der Waals surface area contributed by atoms with Gasteiger partial charge >= 0.3 is 0 Å². The summed E-state index contributed by atoms with van der Waals surface area (Å²) in [5, 5.41) is 2.88. The van der Waals surface area contributed by atoms with Crippen LogP contribution in [0.2, 0.25) is 0 Å². The lowest BCUT2D eigenvalue weighted by atomic mass is 9.90. The Hall–Kier alpha value is -2.38. The lowest BCUT2D eigenvalue weighted by Gasteiger charge is -2.21. The summed E-state index contributed by atoms with van der Waals surface area (Å²) >= 11 is 0. The smallest absolute Gasteiger partial charge is 0.242 e. The van der Waals surface area contributed by atoms with Gasteiger partial charge in [0.2, 0.25) is 15.9 Å². The van der Waals surface area contributed by atoms with Crippen LogP contribution in [0, 0.1) is 0 Å². The summed E-state index contributed by atoms with van der Waals surface area (Å²) in [5.74, 6) is 0.180. The van der Waals surface area contributed by atoms with Gasteiger partial charge in [-0.2, -0.15) is 4.72 Å². The average molecular weight is 388 g/mol. The second kappa shape index (κ2) is 8.10. The van der Waals surface area contributed by atoms with Crippen molar-refractivity contribution in [3.05, 3.63) is 53.6 Å². The van der Waals surface area contributed by atoms with Crippen molar-refractivity contribution >= 4 is 21.6 Å². The van der Waals surface area contributed by atoms with Crippen LogP contribution in [0.15, 0.2) is 47.4 Å². The zero-order chi connectivity index (χ0) is 19.4. The number of rotatable bonds is 6. The molecule has 6 nitrogen and oxygen atoms in total. The summed E-state index contributed by atoms with van der Waals surface area (Å²) < 4.78 is 32.5. The zero-order valence-corrected chi connectivity index (χ0v) is 16.3. The van der Waals surface area contributed by atoms with Gasteiger partial charge in [0.05, 0.1) is 18.0 Å². The molecule has 0 radical (unpaired) electrons. The lowest BCUT2D eigenvalue weighted by molar-refractivity contribution is -0.117.